The van der Waals surface area contributed by atoms with Crippen molar-refractivity contribution in [3.8, 4) is 0 Å². The van der Waals surface area contributed by atoms with Crippen LogP contribution in [-0.4, -0.2) is 20.8 Å². The minimum absolute atomic E-state index is 0.187. The van der Waals surface area contributed by atoms with E-state index in [1.807, 2.05) is 0 Å². The molecule has 0 aliphatic rings. The van der Waals surface area contributed by atoms with Crippen LogP contribution in [0, 0.1) is 0 Å². The highest BCUT2D eigenvalue weighted by Crippen LogP contribution is 1.95. The summed E-state index contributed by atoms with van der Waals surface area (Å²) in [5.74, 6) is 0.174. The summed E-state index contributed by atoms with van der Waals surface area (Å²) in [6.45, 7) is 0. The van der Waals surface area contributed by atoms with Crippen molar-refractivity contribution in [1.29, 1.82) is 0 Å². The third kappa shape index (κ3) is 1.21. The van der Waals surface area contributed by atoms with E-state index in [1.54, 1.807) is 27.0 Å². The molecule has 1 aromatic heterocycles. The molecule has 0 aliphatic heterocycles. The van der Waals surface area contributed by atoms with Crippen LogP contribution in [0.3, 0.4) is 0 Å². The molecule has 0 aliphatic carbocycles. The van der Waals surface area contributed by atoms with Crippen LogP contribution in [0.4, 0.5) is 0 Å². The standard InChI is InChI=1S/C6H8BNO2/c1-8-6(9)4-2-3-5(7)10-4/h2-3H,7H2,1H3,(H,8,9). The van der Waals surface area contributed by atoms with Gasteiger partial charge in [-0.15, -0.1) is 0 Å². The highest BCUT2D eigenvalue weighted by Gasteiger charge is 2.05. The highest BCUT2D eigenvalue weighted by molar-refractivity contribution is 6.30. The third-order valence-electron chi connectivity index (χ3n) is 1.19. The molecule has 1 amide bonds. The van der Waals surface area contributed by atoms with Crippen molar-refractivity contribution in [2.75, 3.05) is 7.05 Å². The molecule has 1 heterocycles. The number of rotatable bonds is 1. The molecule has 0 bridgehead atoms. The van der Waals surface area contributed by atoms with E-state index in [4.69, 9.17) is 4.42 Å². The number of hydrogen-bond acceptors (Lipinski definition) is 2. The minimum atomic E-state index is -0.187. The summed E-state index contributed by atoms with van der Waals surface area (Å²) >= 11 is 0. The van der Waals surface area contributed by atoms with Gasteiger partial charge < -0.3 is 9.73 Å². The fourth-order valence-electron chi connectivity index (χ4n) is 0.680. The lowest BCUT2D eigenvalue weighted by atomic mass is 10.1. The van der Waals surface area contributed by atoms with E-state index in [1.165, 1.54) is 0 Å². The molecule has 0 fully saturated rings. The van der Waals surface area contributed by atoms with Gasteiger partial charge in [0.05, 0.1) is 5.66 Å². The Bertz CT molecular complexity index is 244. The Kier molecular flexibility index (Phi) is 1.80. The molecule has 1 rings (SSSR count). The van der Waals surface area contributed by atoms with Gasteiger partial charge in [0.25, 0.3) is 5.91 Å². The van der Waals surface area contributed by atoms with Crippen molar-refractivity contribution in [2.45, 2.75) is 0 Å². The van der Waals surface area contributed by atoms with Crippen LogP contribution >= 0.6 is 0 Å². The maximum absolute atomic E-state index is 10.8. The molecule has 0 spiro atoms. The largest absolute Gasteiger partial charge is 0.467 e. The number of carbonyl (C=O) groups is 1. The van der Waals surface area contributed by atoms with Crippen LogP contribution in [0.5, 0.6) is 0 Å². The summed E-state index contributed by atoms with van der Waals surface area (Å²) < 4.78 is 5.02. The van der Waals surface area contributed by atoms with Crippen LogP contribution in [0.25, 0.3) is 0 Å². The summed E-state index contributed by atoms with van der Waals surface area (Å²) in [6, 6.07) is 3.40. The molecule has 3 nitrogen and oxygen atoms in total. The third-order valence-corrected chi connectivity index (χ3v) is 1.19. The van der Waals surface area contributed by atoms with Gasteiger partial charge in [-0.3, -0.25) is 4.79 Å². The van der Waals surface area contributed by atoms with E-state index < -0.39 is 0 Å². The predicted molar refractivity (Wildman–Crippen MR) is 40.3 cm³/mol. The first kappa shape index (κ1) is 6.93. The highest BCUT2D eigenvalue weighted by atomic mass is 16.3. The van der Waals surface area contributed by atoms with Crippen LogP contribution < -0.4 is 11.0 Å². The molecule has 4 heteroatoms. The lowest BCUT2D eigenvalue weighted by molar-refractivity contribution is 0.0937. The van der Waals surface area contributed by atoms with Gasteiger partial charge in [-0.05, 0) is 12.1 Å². The molecule has 0 atom stereocenters. The molecule has 0 saturated carbocycles. The first-order chi connectivity index (χ1) is 4.74. The second-order valence-electron chi connectivity index (χ2n) is 1.99. The maximum Gasteiger partial charge on any atom is 0.286 e. The Morgan fingerprint density at radius 1 is 1.70 bits per heavy atom. The first-order valence-electron chi connectivity index (χ1n) is 3.02. The van der Waals surface area contributed by atoms with Crippen LogP contribution in [0.1, 0.15) is 10.6 Å². The van der Waals surface area contributed by atoms with Crippen molar-refractivity contribution in [1.82, 2.24) is 5.32 Å². The fourth-order valence-corrected chi connectivity index (χ4v) is 0.680. The van der Waals surface area contributed by atoms with Gasteiger partial charge in [-0.25, -0.2) is 0 Å². The maximum atomic E-state index is 10.8. The molecule has 10 heavy (non-hydrogen) atoms. The second kappa shape index (κ2) is 2.60. The van der Waals surface area contributed by atoms with E-state index in [9.17, 15) is 4.79 Å². The van der Waals surface area contributed by atoms with E-state index in [-0.39, 0.29) is 5.91 Å². The van der Waals surface area contributed by atoms with Crippen molar-refractivity contribution < 1.29 is 9.21 Å². The van der Waals surface area contributed by atoms with Crippen LogP contribution in [0.15, 0.2) is 16.5 Å². The zero-order chi connectivity index (χ0) is 7.56. The zero-order valence-electron chi connectivity index (χ0n) is 5.97. The van der Waals surface area contributed by atoms with Gasteiger partial charge in [0, 0.05) is 7.05 Å². The monoisotopic (exact) mass is 137 g/mol. The number of carbonyl (C=O) groups excluding carboxylic acids is 1. The van der Waals surface area contributed by atoms with Crippen molar-refractivity contribution >= 4 is 19.4 Å². The number of hydrogen-bond donors (Lipinski definition) is 1. The molecular formula is C6H8BNO2. The average molecular weight is 137 g/mol. The quantitative estimate of drug-likeness (QED) is 0.499. The topological polar surface area (TPSA) is 42.2 Å². The van der Waals surface area contributed by atoms with Crippen LogP contribution in [0.2, 0.25) is 0 Å². The number of amides is 1. The zero-order valence-corrected chi connectivity index (χ0v) is 5.97. The number of furan rings is 1. The summed E-state index contributed by atoms with van der Waals surface area (Å²) in [6.07, 6.45) is 0. The molecule has 1 aromatic rings. The van der Waals surface area contributed by atoms with Crippen LogP contribution in [-0.2, 0) is 0 Å². The molecule has 52 valence electrons. The molecule has 0 saturated heterocycles. The fraction of sp³-hybridized carbons (Fsp3) is 0.167. The second-order valence-corrected chi connectivity index (χ2v) is 1.99. The van der Waals surface area contributed by atoms with E-state index in [0.717, 1.165) is 5.66 Å². The Labute approximate surface area is 59.8 Å². The van der Waals surface area contributed by atoms with Gasteiger partial charge in [0.1, 0.15) is 0 Å². The molecule has 1 N–H and O–H groups in total. The average Bonchev–Trinajstić information content (AvgIpc) is 2.34. The summed E-state index contributed by atoms with van der Waals surface area (Å²) in [5, 5.41) is 2.46. The normalized spacial score (nSPS) is 9.30. The minimum Gasteiger partial charge on any atom is -0.467 e. The van der Waals surface area contributed by atoms with Crippen molar-refractivity contribution in [3.05, 3.63) is 17.9 Å². The first-order valence-corrected chi connectivity index (χ1v) is 3.02. The molecule has 0 unspecified atom stereocenters. The van der Waals surface area contributed by atoms with Gasteiger partial charge in [0.15, 0.2) is 13.6 Å². The Morgan fingerprint density at radius 3 is 2.80 bits per heavy atom. The van der Waals surface area contributed by atoms with E-state index in [0.29, 0.717) is 5.76 Å². The number of nitrogens with one attached hydrogen (secondary N) is 1. The smallest absolute Gasteiger partial charge is 0.286 e. The van der Waals surface area contributed by atoms with Crippen molar-refractivity contribution in [3.63, 3.8) is 0 Å². The molecule has 0 radical (unpaired) electrons. The lowest BCUT2D eigenvalue weighted by Crippen LogP contribution is -2.17. The van der Waals surface area contributed by atoms with Gasteiger partial charge in [-0.2, -0.15) is 0 Å². The van der Waals surface area contributed by atoms with Crippen molar-refractivity contribution in [2.24, 2.45) is 0 Å². The molecular weight excluding hydrogens is 129 g/mol. The summed E-state index contributed by atoms with van der Waals surface area (Å²) in [5.41, 5.74) is 0.749. The Morgan fingerprint density at radius 2 is 2.40 bits per heavy atom. The Balaban J connectivity index is 2.85. The predicted octanol–water partition coefficient (Wildman–Crippen LogP) is -1.10. The lowest BCUT2D eigenvalue weighted by Gasteiger charge is -1.91. The van der Waals surface area contributed by atoms with Gasteiger partial charge >= 0.3 is 0 Å². The summed E-state index contributed by atoms with van der Waals surface area (Å²) in [7, 11) is 3.37. The SMILES string of the molecule is Bc1ccc(C(=O)NC)o1. The van der Waals surface area contributed by atoms with E-state index >= 15 is 0 Å². The van der Waals surface area contributed by atoms with E-state index in [2.05, 4.69) is 5.32 Å². The summed E-state index contributed by atoms with van der Waals surface area (Å²) in [4.78, 5) is 10.8. The van der Waals surface area contributed by atoms with Gasteiger partial charge in [0.2, 0.25) is 0 Å². The van der Waals surface area contributed by atoms with Gasteiger partial charge in [-0.1, -0.05) is 0 Å². The molecule has 0 aromatic carbocycles. The Hall–Kier alpha value is -1.19.